The third-order valence-electron chi connectivity index (χ3n) is 3.86. The number of carbonyl (C=O) groups excluding carboxylic acids is 1. The van der Waals surface area contributed by atoms with Crippen molar-refractivity contribution in [2.75, 3.05) is 6.54 Å². The van der Waals surface area contributed by atoms with Gasteiger partial charge in [-0.25, -0.2) is 0 Å². The lowest BCUT2D eigenvalue weighted by atomic mass is 9.96. The minimum absolute atomic E-state index is 0.147. The van der Waals surface area contributed by atoms with E-state index in [2.05, 4.69) is 0 Å². The molecule has 0 aliphatic heterocycles. The number of carbonyl (C=O) groups is 2. The van der Waals surface area contributed by atoms with E-state index in [0.29, 0.717) is 0 Å². The monoisotopic (exact) mass is 299 g/mol. The van der Waals surface area contributed by atoms with Gasteiger partial charge in [-0.2, -0.15) is 0 Å². The van der Waals surface area contributed by atoms with E-state index in [0.717, 1.165) is 16.3 Å². The van der Waals surface area contributed by atoms with Gasteiger partial charge in [0.2, 0.25) is 5.91 Å². The number of fused-ring (bicyclic) bond motifs is 1. The molecule has 0 heterocycles. The molecule has 1 atom stereocenters. The average molecular weight is 299 g/mol. The van der Waals surface area contributed by atoms with Crippen molar-refractivity contribution >= 4 is 22.6 Å². The molecule has 0 saturated heterocycles. The molecule has 0 bridgehead atoms. The zero-order chi connectivity index (χ0) is 16.3. The minimum Gasteiger partial charge on any atom is -0.480 e. The van der Waals surface area contributed by atoms with Crippen LogP contribution < -0.4 is 0 Å². The number of nitrogens with zero attached hydrogens (tertiary/aromatic N) is 1. The molecule has 0 saturated carbocycles. The normalized spacial score (nSPS) is 12.4. The maximum Gasteiger partial charge on any atom is 0.323 e. The highest BCUT2D eigenvalue weighted by atomic mass is 16.4. The van der Waals surface area contributed by atoms with Gasteiger partial charge in [-0.1, -0.05) is 42.5 Å². The third-order valence-corrected chi connectivity index (χ3v) is 3.86. The van der Waals surface area contributed by atoms with Crippen molar-refractivity contribution in [2.45, 2.75) is 32.7 Å². The summed E-state index contributed by atoms with van der Waals surface area (Å²) in [6, 6.07) is 13.7. The first kappa shape index (κ1) is 16.0. The predicted octanol–water partition coefficient (Wildman–Crippen LogP) is 3.26. The van der Waals surface area contributed by atoms with E-state index in [9.17, 15) is 9.59 Å². The SMILES string of the molecule is CC(C(=O)N(CC(=O)O)C(C)C)c1ccc2ccccc2c1. The molecular formula is C18H21NO3. The first-order valence-corrected chi connectivity index (χ1v) is 7.41. The number of benzene rings is 2. The van der Waals surface area contributed by atoms with E-state index in [1.54, 1.807) is 0 Å². The molecule has 1 N–H and O–H groups in total. The van der Waals surface area contributed by atoms with Crippen molar-refractivity contribution < 1.29 is 14.7 Å². The fraction of sp³-hybridized carbons (Fsp3) is 0.333. The molecule has 2 aromatic carbocycles. The number of hydrogen-bond acceptors (Lipinski definition) is 2. The summed E-state index contributed by atoms with van der Waals surface area (Å²) in [6.45, 7) is 5.21. The third kappa shape index (κ3) is 3.45. The second-order valence-corrected chi connectivity index (χ2v) is 5.78. The van der Waals surface area contributed by atoms with Crippen molar-refractivity contribution in [3.63, 3.8) is 0 Å². The van der Waals surface area contributed by atoms with Crippen molar-refractivity contribution in [1.29, 1.82) is 0 Å². The highest BCUT2D eigenvalue weighted by molar-refractivity contribution is 5.89. The van der Waals surface area contributed by atoms with E-state index in [1.165, 1.54) is 4.90 Å². The molecule has 0 aliphatic carbocycles. The summed E-state index contributed by atoms with van der Waals surface area (Å²) in [6.07, 6.45) is 0. The molecule has 22 heavy (non-hydrogen) atoms. The fourth-order valence-corrected chi connectivity index (χ4v) is 2.53. The Balaban J connectivity index is 2.29. The molecule has 1 unspecified atom stereocenters. The fourth-order valence-electron chi connectivity index (χ4n) is 2.53. The minimum atomic E-state index is -0.993. The van der Waals surface area contributed by atoms with Gasteiger partial charge in [0, 0.05) is 6.04 Å². The van der Waals surface area contributed by atoms with Gasteiger partial charge in [0.15, 0.2) is 0 Å². The Hall–Kier alpha value is -2.36. The van der Waals surface area contributed by atoms with Crippen molar-refractivity contribution in [2.24, 2.45) is 0 Å². The number of rotatable bonds is 5. The lowest BCUT2D eigenvalue weighted by molar-refractivity contribution is -0.146. The first-order chi connectivity index (χ1) is 10.4. The number of carboxylic acid groups (broad SMARTS) is 1. The van der Waals surface area contributed by atoms with E-state index >= 15 is 0 Å². The first-order valence-electron chi connectivity index (χ1n) is 7.41. The standard InChI is InChI=1S/C18H21NO3/c1-12(2)19(11-17(20)21)18(22)13(3)15-9-8-14-6-4-5-7-16(14)10-15/h4-10,12-13H,11H2,1-3H3,(H,20,21). The summed E-state index contributed by atoms with van der Waals surface area (Å²) in [7, 11) is 0. The van der Waals surface area contributed by atoms with Crippen LogP contribution in [0, 0.1) is 0 Å². The van der Waals surface area contributed by atoms with Gasteiger partial charge in [-0.15, -0.1) is 0 Å². The summed E-state index contributed by atoms with van der Waals surface area (Å²) in [5.41, 5.74) is 0.903. The van der Waals surface area contributed by atoms with Gasteiger partial charge < -0.3 is 10.0 Å². The van der Waals surface area contributed by atoms with Crippen LogP contribution in [0.2, 0.25) is 0 Å². The van der Waals surface area contributed by atoms with Crippen LogP contribution in [0.15, 0.2) is 42.5 Å². The van der Waals surface area contributed by atoms with Crippen LogP contribution in [-0.2, 0) is 9.59 Å². The lowest BCUT2D eigenvalue weighted by Crippen LogP contribution is -2.42. The van der Waals surface area contributed by atoms with Crippen LogP contribution in [0.4, 0.5) is 0 Å². The topological polar surface area (TPSA) is 57.6 Å². The van der Waals surface area contributed by atoms with Crippen LogP contribution in [-0.4, -0.2) is 34.5 Å². The Morgan fingerprint density at radius 2 is 1.68 bits per heavy atom. The predicted molar refractivity (Wildman–Crippen MR) is 86.8 cm³/mol. The second-order valence-electron chi connectivity index (χ2n) is 5.78. The van der Waals surface area contributed by atoms with Gasteiger partial charge in [-0.3, -0.25) is 9.59 Å². The van der Waals surface area contributed by atoms with Gasteiger partial charge in [0.1, 0.15) is 6.54 Å². The molecule has 116 valence electrons. The summed E-state index contributed by atoms with van der Waals surface area (Å²) >= 11 is 0. The Morgan fingerprint density at radius 1 is 1.05 bits per heavy atom. The molecule has 4 nitrogen and oxygen atoms in total. The van der Waals surface area contributed by atoms with Crippen molar-refractivity contribution in [3.05, 3.63) is 48.0 Å². The Kier molecular flexibility index (Phi) is 4.81. The number of aliphatic carboxylic acids is 1. The van der Waals surface area contributed by atoms with Gasteiger partial charge in [-0.05, 0) is 37.1 Å². The zero-order valence-corrected chi connectivity index (χ0v) is 13.1. The van der Waals surface area contributed by atoms with E-state index in [4.69, 9.17) is 5.11 Å². The number of carboxylic acids is 1. The smallest absolute Gasteiger partial charge is 0.323 e. The summed E-state index contributed by atoms with van der Waals surface area (Å²) in [4.78, 5) is 25.0. The maximum atomic E-state index is 12.6. The molecular weight excluding hydrogens is 278 g/mol. The zero-order valence-electron chi connectivity index (χ0n) is 13.1. The van der Waals surface area contributed by atoms with Gasteiger partial charge >= 0.3 is 5.97 Å². The number of hydrogen-bond donors (Lipinski definition) is 1. The second kappa shape index (κ2) is 6.60. The Bertz CT molecular complexity index is 694. The van der Waals surface area contributed by atoms with Crippen LogP contribution in [0.25, 0.3) is 10.8 Å². The largest absolute Gasteiger partial charge is 0.480 e. The molecule has 0 spiro atoms. The van der Waals surface area contributed by atoms with Crippen LogP contribution in [0.3, 0.4) is 0 Å². The molecule has 2 aromatic rings. The summed E-state index contributed by atoms with van der Waals surface area (Å²) in [5.74, 6) is -1.52. The highest BCUT2D eigenvalue weighted by Gasteiger charge is 2.25. The van der Waals surface area contributed by atoms with Crippen molar-refractivity contribution in [1.82, 2.24) is 4.90 Å². The van der Waals surface area contributed by atoms with E-state index < -0.39 is 5.97 Å². The highest BCUT2D eigenvalue weighted by Crippen LogP contribution is 2.24. The Morgan fingerprint density at radius 3 is 2.27 bits per heavy atom. The summed E-state index contributed by atoms with van der Waals surface area (Å²) < 4.78 is 0. The molecule has 2 rings (SSSR count). The molecule has 1 amide bonds. The maximum absolute atomic E-state index is 12.6. The van der Waals surface area contributed by atoms with E-state index in [-0.39, 0.29) is 24.4 Å². The van der Waals surface area contributed by atoms with Gasteiger partial charge in [0.05, 0.1) is 5.92 Å². The van der Waals surface area contributed by atoms with Crippen LogP contribution in [0.5, 0.6) is 0 Å². The average Bonchev–Trinajstić information content (AvgIpc) is 2.50. The van der Waals surface area contributed by atoms with Crippen LogP contribution in [0.1, 0.15) is 32.3 Å². The lowest BCUT2D eigenvalue weighted by Gasteiger charge is -2.28. The van der Waals surface area contributed by atoms with Gasteiger partial charge in [0.25, 0.3) is 0 Å². The molecule has 0 aliphatic rings. The van der Waals surface area contributed by atoms with Crippen LogP contribution >= 0.6 is 0 Å². The Labute approximate surface area is 130 Å². The quantitative estimate of drug-likeness (QED) is 0.922. The van der Waals surface area contributed by atoms with E-state index in [1.807, 2.05) is 63.2 Å². The molecule has 0 aromatic heterocycles. The number of amides is 1. The van der Waals surface area contributed by atoms with Crippen molar-refractivity contribution in [3.8, 4) is 0 Å². The molecule has 0 radical (unpaired) electrons. The summed E-state index contributed by atoms with van der Waals surface area (Å²) in [5, 5.41) is 11.2. The molecule has 4 heteroatoms. The molecule has 0 fully saturated rings.